The van der Waals surface area contributed by atoms with Gasteiger partial charge in [0, 0.05) is 17.6 Å². The Hall–Kier alpha value is -2.20. The zero-order valence-corrected chi connectivity index (χ0v) is 13.3. The lowest BCUT2D eigenvalue weighted by Gasteiger charge is -2.10. The average molecular weight is 320 g/mol. The first kappa shape index (κ1) is 16.2. The molecule has 2 aromatic carbocycles. The van der Waals surface area contributed by atoms with Gasteiger partial charge in [-0.1, -0.05) is 23.7 Å². The van der Waals surface area contributed by atoms with Crippen LogP contribution in [-0.4, -0.2) is 20.1 Å². The largest absolute Gasteiger partial charge is 0.497 e. The summed E-state index contributed by atoms with van der Waals surface area (Å²) in [5, 5.41) is 3.54. The summed E-state index contributed by atoms with van der Waals surface area (Å²) in [6, 6.07) is 12.8. The molecule has 0 saturated carbocycles. The Kier molecular flexibility index (Phi) is 5.67. The SMILES string of the molecule is COc1cc(CNC(=O)Cc2ccc(Cl)cc2)cc(OC)c1. The monoisotopic (exact) mass is 319 g/mol. The van der Waals surface area contributed by atoms with Gasteiger partial charge in [0.15, 0.2) is 0 Å². The van der Waals surface area contributed by atoms with Gasteiger partial charge in [0.2, 0.25) is 5.91 Å². The minimum atomic E-state index is -0.0518. The third-order valence-corrected chi connectivity index (χ3v) is 3.43. The van der Waals surface area contributed by atoms with E-state index in [9.17, 15) is 4.79 Å². The van der Waals surface area contributed by atoms with E-state index in [-0.39, 0.29) is 5.91 Å². The highest BCUT2D eigenvalue weighted by molar-refractivity contribution is 6.30. The number of hydrogen-bond donors (Lipinski definition) is 1. The van der Waals surface area contributed by atoms with Crippen LogP contribution in [0.4, 0.5) is 0 Å². The second-order valence-corrected chi connectivity index (χ2v) is 5.24. The quantitative estimate of drug-likeness (QED) is 0.889. The van der Waals surface area contributed by atoms with Gasteiger partial charge in [-0.05, 0) is 35.4 Å². The van der Waals surface area contributed by atoms with Gasteiger partial charge in [-0.25, -0.2) is 0 Å². The first-order chi connectivity index (χ1) is 10.6. The molecular weight excluding hydrogens is 302 g/mol. The Morgan fingerprint density at radius 3 is 2.14 bits per heavy atom. The maximum atomic E-state index is 12.0. The van der Waals surface area contributed by atoms with Gasteiger partial charge in [-0.3, -0.25) is 4.79 Å². The third-order valence-electron chi connectivity index (χ3n) is 3.18. The molecule has 2 rings (SSSR count). The van der Waals surface area contributed by atoms with Crippen LogP contribution >= 0.6 is 11.6 Å². The van der Waals surface area contributed by atoms with E-state index in [2.05, 4.69) is 5.32 Å². The molecule has 116 valence electrons. The summed E-state index contributed by atoms with van der Waals surface area (Å²) >= 11 is 5.82. The maximum Gasteiger partial charge on any atom is 0.224 e. The Morgan fingerprint density at radius 1 is 1.00 bits per heavy atom. The van der Waals surface area contributed by atoms with Crippen LogP contribution in [0.1, 0.15) is 11.1 Å². The Balaban J connectivity index is 1.94. The highest BCUT2D eigenvalue weighted by atomic mass is 35.5. The van der Waals surface area contributed by atoms with Crippen molar-refractivity contribution < 1.29 is 14.3 Å². The standard InChI is InChI=1S/C17H18ClNO3/c1-21-15-7-13(8-16(10-15)22-2)11-19-17(20)9-12-3-5-14(18)6-4-12/h3-8,10H,9,11H2,1-2H3,(H,19,20). The highest BCUT2D eigenvalue weighted by Crippen LogP contribution is 2.22. The van der Waals surface area contributed by atoms with Crippen molar-refractivity contribution in [3.05, 3.63) is 58.6 Å². The van der Waals surface area contributed by atoms with Crippen LogP contribution in [-0.2, 0) is 17.8 Å². The maximum absolute atomic E-state index is 12.0. The van der Waals surface area contributed by atoms with E-state index < -0.39 is 0 Å². The van der Waals surface area contributed by atoms with Crippen LogP contribution in [0.5, 0.6) is 11.5 Å². The minimum absolute atomic E-state index is 0.0518. The third kappa shape index (κ3) is 4.67. The van der Waals surface area contributed by atoms with Crippen molar-refractivity contribution in [1.29, 1.82) is 0 Å². The normalized spacial score (nSPS) is 10.1. The van der Waals surface area contributed by atoms with E-state index in [0.29, 0.717) is 29.5 Å². The summed E-state index contributed by atoms with van der Waals surface area (Å²) in [6.45, 7) is 0.417. The number of amides is 1. The number of ether oxygens (including phenoxy) is 2. The Bertz CT molecular complexity index is 619. The van der Waals surface area contributed by atoms with Gasteiger partial charge in [0.25, 0.3) is 0 Å². The number of carbonyl (C=O) groups excluding carboxylic acids is 1. The van der Waals surface area contributed by atoms with E-state index in [1.54, 1.807) is 32.4 Å². The van der Waals surface area contributed by atoms with E-state index >= 15 is 0 Å². The summed E-state index contributed by atoms with van der Waals surface area (Å²) < 4.78 is 10.4. The molecule has 0 unspecified atom stereocenters. The highest BCUT2D eigenvalue weighted by Gasteiger charge is 2.06. The fraction of sp³-hybridized carbons (Fsp3) is 0.235. The van der Waals surface area contributed by atoms with Crippen LogP contribution < -0.4 is 14.8 Å². The van der Waals surface area contributed by atoms with Crippen molar-refractivity contribution in [2.45, 2.75) is 13.0 Å². The van der Waals surface area contributed by atoms with Crippen molar-refractivity contribution >= 4 is 17.5 Å². The smallest absolute Gasteiger partial charge is 0.224 e. The predicted molar refractivity (Wildman–Crippen MR) is 86.5 cm³/mol. The topological polar surface area (TPSA) is 47.6 Å². The van der Waals surface area contributed by atoms with E-state index in [1.165, 1.54) is 0 Å². The van der Waals surface area contributed by atoms with Crippen molar-refractivity contribution in [2.24, 2.45) is 0 Å². The summed E-state index contributed by atoms with van der Waals surface area (Å²) in [4.78, 5) is 12.0. The molecule has 2 aromatic rings. The zero-order chi connectivity index (χ0) is 15.9. The van der Waals surface area contributed by atoms with Crippen molar-refractivity contribution in [3.63, 3.8) is 0 Å². The molecular formula is C17H18ClNO3. The van der Waals surface area contributed by atoms with Crippen LogP contribution in [0.15, 0.2) is 42.5 Å². The lowest BCUT2D eigenvalue weighted by Crippen LogP contribution is -2.24. The van der Waals surface area contributed by atoms with Gasteiger partial charge >= 0.3 is 0 Å². The minimum Gasteiger partial charge on any atom is -0.497 e. The lowest BCUT2D eigenvalue weighted by atomic mass is 10.1. The van der Waals surface area contributed by atoms with Gasteiger partial charge in [0.1, 0.15) is 11.5 Å². The number of methoxy groups -OCH3 is 2. The molecule has 0 spiro atoms. The number of carbonyl (C=O) groups is 1. The average Bonchev–Trinajstić information content (AvgIpc) is 2.54. The van der Waals surface area contributed by atoms with Crippen molar-refractivity contribution in [2.75, 3.05) is 14.2 Å². The zero-order valence-electron chi connectivity index (χ0n) is 12.6. The molecule has 4 nitrogen and oxygen atoms in total. The molecule has 0 heterocycles. The van der Waals surface area contributed by atoms with E-state index in [4.69, 9.17) is 21.1 Å². The second-order valence-electron chi connectivity index (χ2n) is 4.80. The molecule has 1 N–H and O–H groups in total. The van der Waals surface area contributed by atoms with Crippen LogP contribution in [0.25, 0.3) is 0 Å². The summed E-state index contributed by atoms with van der Waals surface area (Å²) in [6.07, 6.45) is 0.318. The number of hydrogen-bond acceptors (Lipinski definition) is 3. The van der Waals surface area contributed by atoms with Gasteiger partial charge < -0.3 is 14.8 Å². The molecule has 5 heteroatoms. The second kappa shape index (κ2) is 7.71. The summed E-state index contributed by atoms with van der Waals surface area (Å²) in [5.74, 6) is 1.34. The van der Waals surface area contributed by atoms with E-state index in [1.807, 2.05) is 24.3 Å². The first-order valence-electron chi connectivity index (χ1n) is 6.84. The fourth-order valence-corrected chi connectivity index (χ4v) is 2.15. The molecule has 1 amide bonds. The van der Waals surface area contributed by atoms with E-state index in [0.717, 1.165) is 11.1 Å². The summed E-state index contributed by atoms with van der Waals surface area (Å²) in [5.41, 5.74) is 1.84. The first-order valence-corrected chi connectivity index (χ1v) is 7.21. The predicted octanol–water partition coefficient (Wildman–Crippen LogP) is 3.22. The Labute approximate surface area is 135 Å². The molecule has 0 aliphatic heterocycles. The lowest BCUT2D eigenvalue weighted by molar-refractivity contribution is -0.120. The molecule has 0 radical (unpaired) electrons. The molecule has 0 aliphatic carbocycles. The van der Waals surface area contributed by atoms with Crippen molar-refractivity contribution in [1.82, 2.24) is 5.32 Å². The molecule has 0 bridgehead atoms. The van der Waals surface area contributed by atoms with Crippen LogP contribution in [0.2, 0.25) is 5.02 Å². The molecule has 0 atom stereocenters. The number of benzene rings is 2. The molecule has 0 saturated heterocycles. The molecule has 0 aromatic heterocycles. The molecule has 0 aliphatic rings. The molecule has 0 fully saturated rings. The van der Waals surface area contributed by atoms with Crippen LogP contribution in [0, 0.1) is 0 Å². The van der Waals surface area contributed by atoms with Gasteiger partial charge in [0.05, 0.1) is 20.6 Å². The number of halogens is 1. The fourth-order valence-electron chi connectivity index (χ4n) is 2.02. The van der Waals surface area contributed by atoms with Gasteiger partial charge in [-0.2, -0.15) is 0 Å². The van der Waals surface area contributed by atoms with Crippen LogP contribution in [0.3, 0.4) is 0 Å². The molecule has 22 heavy (non-hydrogen) atoms. The number of nitrogens with one attached hydrogen (secondary N) is 1. The summed E-state index contributed by atoms with van der Waals surface area (Å²) in [7, 11) is 3.19. The van der Waals surface area contributed by atoms with Crippen molar-refractivity contribution in [3.8, 4) is 11.5 Å². The van der Waals surface area contributed by atoms with Gasteiger partial charge in [-0.15, -0.1) is 0 Å². The Morgan fingerprint density at radius 2 is 1.59 bits per heavy atom. The number of rotatable bonds is 6.